The Bertz CT molecular complexity index is 534. The summed E-state index contributed by atoms with van der Waals surface area (Å²) in [5.41, 5.74) is 1.06. The Kier molecular flexibility index (Phi) is 6.90. The number of halogens is 1. The van der Waals surface area contributed by atoms with E-state index in [9.17, 15) is 9.90 Å². The third kappa shape index (κ3) is 6.40. The zero-order valence-electron chi connectivity index (χ0n) is 14.7. The largest absolute Gasteiger partial charge is 0.444 e. The molecule has 1 rings (SSSR count). The Morgan fingerprint density at radius 2 is 2.00 bits per heavy atom. The van der Waals surface area contributed by atoms with Crippen LogP contribution in [0, 0.1) is 12.3 Å². The molecular weight excluding hydrogens is 314 g/mol. The second-order valence-corrected chi connectivity index (χ2v) is 7.55. The molecule has 0 aliphatic carbocycles. The third-order valence-electron chi connectivity index (χ3n) is 3.87. The average molecular weight is 342 g/mol. The maximum atomic E-state index is 11.9. The van der Waals surface area contributed by atoms with Crippen molar-refractivity contribution in [1.82, 2.24) is 5.32 Å². The molecule has 4 nitrogen and oxygen atoms in total. The summed E-state index contributed by atoms with van der Waals surface area (Å²) < 4.78 is 5.25. The van der Waals surface area contributed by atoms with Crippen molar-refractivity contribution in [3.63, 3.8) is 0 Å². The lowest BCUT2D eigenvalue weighted by Gasteiger charge is -2.32. The van der Waals surface area contributed by atoms with Gasteiger partial charge in [-0.1, -0.05) is 30.7 Å². The normalized spacial score (nSPS) is 14.2. The summed E-state index contributed by atoms with van der Waals surface area (Å²) in [7, 11) is 0. The number of amides is 1. The standard InChI is InChI=1S/C18H28ClNO3/c1-6-18(12-21,11-20-16(22)23-17(3,4)5)10-14-8-7-13(2)9-15(14)19/h7-9,21H,6,10-12H2,1-5H3,(H,20,22). The topological polar surface area (TPSA) is 58.6 Å². The number of carbonyl (C=O) groups is 1. The fraction of sp³-hybridized carbons (Fsp3) is 0.611. The second-order valence-electron chi connectivity index (χ2n) is 7.14. The second kappa shape index (κ2) is 8.02. The fourth-order valence-corrected chi connectivity index (χ4v) is 2.61. The lowest BCUT2D eigenvalue weighted by molar-refractivity contribution is 0.0461. The zero-order valence-corrected chi connectivity index (χ0v) is 15.5. The third-order valence-corrected chi connectivity index (χ3v) is 4.22. The number of carbonyl (C=O) groups excluding carboxylic acids is 1. The molecule has 1 atom stereocenters. The SMILES string of the molecule is CCC(CO)(CNC(=O)OC(C)(C)C)Cc1ccc(C)cc1Cl. The summed E-state index contributed by atoms with van der Waals surface area (Å²) in [6, 6.07) is 5.89. The number of hydrogen-bond donors (Lipinski definition) is 2. The van der Waals surface area contributed by atoms with Crippen LogP contribution in [-0.4, -0.2) is 30.0 Å². The van der Waals surface area contributed by atoms with E-state index >= 15 is 0 Å². The zero-order chi connectivity index (χ0) is 17.7. The van der Waals surface area contributed by atoms with Gasteiger partial charge in [0.05, 0.1) is 6.61 Å². The molecule has 1 unspecified atom stereocenters. The molecule has 130 valence electrons. The van der Waals surface area contributed by atoms with E-state index in [1.54, 1.807) is 0 Å². The van der Waals surface area contributed by atoms with Gasteiger partial charge < -0.3 is 15.2 Å². The van der Waals surface area contributed by atoms with E-state index in [1.807, 2.05) is 52.8 Å². The van der Waals surface area contributed by atoms with Gasteiger partial charge in [-0.25, -0.2) is 4.79 Å². The number of rotatable bonds is 6. The highest BCUT2D eigenvalue weighted by Crippen LogP contribution is 2.30. The van der Waals surface area contributed by atoms with Gasteiger partial charge in [0.15, 0.2) is 0 Å². The first-order valence-corrected chi connectivity index (χ1v) is 8.31. The first kappa shape index (κ1) is 19.8. The smallest absolute Gasteiger partial charge is 0.407 e. The quantitative estimate of drug-likeness (QED) is 0.818. The highest BCUT2D eigenvalue weighted by atomic mass is 35.5. The maximum absolute atomic E-state index is 11.9. The van der Waals surface area contributed by atoms with E-state index in [1.165, 1.54) is 0 Å². The number of aliphatic hydroxyl groups excluding tert-OH is 1. The van der Waals surface area contributed by atoms with Crippen molar-refractivity contribution in [2.24, 2.45) is 5.41 Å². The predicted molar refractivity (Wildman–Crippen MR) is 93.9 cm³/mol. The van der Waals surface area contributed by atoms with Crippen LogP contribution in [0.25, 0.3) is 0 Å². The summed E-state index contributed by atoms with van der Waals surface area (Å²) in [5, 5.41) is 13.4. The van der Waals surface area contributed by atoms with Gasteiger partial charge in [0.1, 0.15) is 5.60 Å². The van der Waals surface area contributed by atoms with E-state index in [0.29, 0.717) is 24.4 Å². The summed E-state index contributed by atoms with van der Waals surface area (Å²) >= 11 is 6.31. The van der Waals surface area contributed by atoms with Crippen LogP contribution in [0.2, 0.25) is 5.02 Å². The van der Waals surface area contributed by atoms with Gasteiger partial charge in [-0.3, -0.25) is 0 Å². The number of alkyl carbamates (subject to hydrolysis) is 1. The van der Waals surface area contributed by atoms with Crippen LogP contribution in [0.3, 0.4) is 0 Å². The van der Waals surface area contributed by atoms with Gasteiger partial charge in [-0.2, -0.15) is 0 Å². The van der Waals surface area contributed by atoms with Crippen LogP contribution >= 0.6 is 11.6 Å². The molecule has 0 heterocycles. The summed E-state index contributed by atoms with van der Waals surface area (Å²) in [5.74, 6) is 0. The van der Waals surface area contributed by atoms with Crippen LogP contribution < -0.4 is 5.32 Å². The molecule has 0 aliphatic heterocycles. The molecule has 1 amide bonds. The van der Waals surface area contributed by atoms with E-state index in [0.717, 1.165) is 11.1 Å². The Balaban J connectivity index is 2.80. The van der Waals surface area contributed by atoms with Gasteiger partial charge in [0, 0.05) is 17.0 Å². The Labute approximate surface area is 144 Å². The van der Waals surface area contributed by atoms with Gasteiger partial charge in [0.25, 0.3) is 0 Å². The van der Waals surface area contributed by atoms with E-state index in [4.69, 9.17) is 16.3 Å². The van der Waals surface area contributed by atoms with Crippen LogP contribution in [0.15, 0.2) is 18.2 Å². The van der Waals surface area contributed by atoms with Crippen molar-refractivity contribution in [3.05, 3.63) is 34.3 Å². The molecule has 2 N–H and O–H groups in total. The van der Waals surface area contributed by atoms with Crippen molar-refractivity contribution >= 4 is 17.7 Å². The average Bonchev–Trinajstić information content (AvgIpc) is 2.44. The molecule has 5 heteroatoms. The van der Waals surface area contributed by atoms with E-state index in [-0.39, 0.29) is 6.61 Å². The molecule has 0 saturated heterocycles. The Morgan fingerprint density at radius 1 is 1.35 bits per heavy atom. The molecule has 23 heavy (non-hydrogen) atoms. The van der Waals surface area contributed by atoms with Crippen molar-refractivity contribution in [3.8, 4) is 0 Å². The number of aliphatic hydroxyl groups is 1. The molecule has 0 aliphatic rings. The monoisotopic (exact) mass is 341 g/mol. The summed E-state index contributed by atoms with van der Waals surface area (Å²) in [6.07, 6.45) is 0.831. The minimum absolute atomic E-state index is 0.0382. The molecule has 1 aromatic carbocycles. The van der Waals surface area contributed by atoms with Gasteiger partial charge in [-0.05, 0) is 57.7 Å². The number of aryl methyl sites for hydroxylation is 1. The molecule has 0 fully saturated rings. The minimum atomic E-state index is -0.543. The number of ether oxygens (including phenoxy) is 1. The van der Waals surface area contributed by atoms with Crippen LogP contribution in [0.5, 0.6) is 0 Å². The fourth-order valence-electron chi connectivity index (χ4n) is 2.31. The Hall–Kier alpha value is -1.26. The van der Waals surface area contributed by atoms with Crippen molar-refractivity contribution in [2.75, 3.05) is 13.2 Å². The molecule has 0 spiro atoms. The molecule has 1 aromatic rings. The predicted octanol–water partition coefficient (Wildman–Crippen LogP) is 4.10. The van der Waals surface area contributed by atoms with Crippen LogP contribution in [0.4, 0.5) is 4.79 Å². The van der Waals surface area contributed by atoms with Crippen LogP contribution in [-0.2, 0) is 11.2 Å². The first-order chi connectivity index (χ1) is 10.6. The molecule has 0 saturated carbocycles. The van der Waals surface area contributed by atoms with Crippen molar-refractivity contribution in [2.45, 2.75) is 53.1 Å². The summed E-state index contributed by atoms with van der Waals surface area (Å²) in [4.78, 5) is 11.9. The first-order valence-electron chi connectivity index (χ1n) is 7.93. The number of nitrogens with one attached hydrogen (secondary N) is 1. The molecule has 0 bridgehead atoms. The molecular formula is C18H28ClNO3. The van der Waals surface area contributed by atoms with Gasteiger partial charge in [0.2, 0.25) is 0 Å². The molecule has 0 aromatic heterocycles. The highest BCUT2D eigenvalue weighted by Gasteiger charge is 2.30. The lowest BCUT2D eigenvalue weighted by atomic mass is 9.79. The van der Waals surface area contributed by atoms with Crippen LogP contribution in [0.1, 0.15) is 45.2 Å². The number of benzene rings is 1. The Morgan fingerprint density at radius 3 is 2.48 bits per heavy atom. The van der Waals surface area contributed by atoms with Gasteiger partial charge in [-0.15, -0.1) is 0 Å². The van der Waals surface area contributed by atoms with E-state index < -0.39 is 17.1 Å². The van der Waals surface area contributed by atoms with E-state index in [2.05, 4.69) is 5.32 Å². The van der Waals surface area contributed by atoms with Crippen molar-refractivity contribution < 1.29 is 14.6 Å². The van der Waals surface area contributed by atoms with Gasteiger partial charge >= 0.3 is 6.09 Å². The lowest BCUT2D eigenvalue weighted by Crippen LogP contribution is -2.43. The summed E-state index contributed by atoms with van der Waals surface area (Å²) in [6.45, 7) is 9.73. The maximum Gasteiger partial charge on any atom is 0.407 e. The van der Waals surface area contributed by atoms with Crippen molar-refractivity contribution in [1.29, 1.82) is 0 Å². The molecule has 0 radical (unpaired) electrons. The highest BCUT2D eigenvalue weighted by molar-refractivity contribution is 6.31. The minimum Gasteiger partial charge on any atom is -0.444 e. The number of hydrogen-bond acceptors (Lipinski definition) is 3.